The third-order valence-corrected chi connectivity index (χ3v) is 5.54. The van der Waals surface area contributed by atoms with E-state index in [1.54, 1.807) is 11.1 Å². The average Bonchev–Trinajstić information content (AvgIpc) is 3.49. The fraction of sp³-hybridized carbons (Fsp3) is 0.364. The van der Waals surface area contributed by atoms with Crippen molar-refractivity contribution in [2.24, 2.45) is 0 Å². The molecule has 0 unspecified atom stereocenters. The van der Waals surface area contributed by atoms with Gasteiger partial charge in [-0.05, 0) is 56.4 Å². The van der Waals surface area contributed by atoms with Crippen LogP contribution < -0.4 is 10.2 Å². The number of urea groups is 1. The number of carbonyl (C=O) groups excluding carboxylic acids is 1. The molecule has 1 saturated carbocycles. The Labute approximate surface area is 169 Å². The highest BCUT2D eigenvalue weighted by Crippen LogP contribution is 2.39. The van der Waals surface area contributed by atoms with E-state index in [-0.39, 0.29) is 12.1 Å². The van der Waals surface area contributed by atoms with E-state index in [9.17, 15) is 4.79 Å². The zero-order chi connectivity index (χ0) is 19.8. The van der Waals surface area contributed by atoms with Crippen molar-refractivity contribution in [2.45, 2.75) is 44.6 Å². The third-order valence-electron chi connectivity index (χ3n) is 5.54. The van der Waals surface area contributed by atoms with Gasteiger partial charge in [-0.1, -0.05) is 23.4 Å². The molecule has 2 aromatic heterocycles. The summed E-state index contributed by atoms with van der Waals surface area (Å²) < 4.78 is 5.44. The maximum absolute atomic E-state index is 12.9. The standard InChI is InChI=1S/C22H23N5O2/c1-14(24-22(28)27-12-4-6-16-5-2-3-7-19(16)27)21-25-20(26-29-21)17-10-11-23-18(13-17)15-8-9-15/h2-3,5,7,10-11,13-15H,4,6,8-9,12H2,1H3,(H,24,28)/t14-/m0/s1. The lowest BCUT2D eigenvalue weighted by molar-refractivity contribution is 0.239. The smallest absolute Gasteiger partial charge is 0.322 e. The zero-order valence-electron chi connectivity index (χ0n) is 16.3. The topological polar surface area (TPSA) is 84.2 Å². The summed E-state index contributed by atoms with van der Waals surface area (Å²) in [6.07, 6.45) is 6.12. The normalized spacial score (nSPS) is 16.9. The van der Waals surface area contributed by atoms with Gasteiger partial charge in [0, 0.05) is 35.6 Å². The van der Waals surface area contributed by atoms with Gasteiger partial charge in [0.15, 0.2) is 0 Å². The fourth-order valence-corrected chi connectivity index (χ4v) is 3.79. The lowest BCUT2D eigenvalue weighted by atomic mass is 10.0. The van der Waals surface area contributed by atoms with Gasteiger partial charge in [-0.15, -0.1) is 0 Å². The Morgan fingerprint density at radius 2 is 2.14 bits per heavy atom. The summed E-state index contributed by atoms with van der Waals surface area (Å²) >= 11 is 0. The van der Waals surface area contributed by atoms with E-state index < -0.39 is 0 Å². The van der Waals surface area contributed by atoms with Gasteiger partial charge in [-0.3, -0.25) is 9.88 Å². The van der Waals surface area contributed by atoms with Gasteiger partial charge >= 0.3 is 6.03 Å². The minimum absolute atomic E-state index is 0.149. The number of rotatable bonds is 4. The molecule has 1 aliphatic heterocycles. The first-order chi connectivity index (χ1) is 14.2. The zero-order valence-corrected chi connectivity index (χ0v) is 16.3. The van der Waals surface area contributed by atoms with Crippen LogP contribution in [0.1, 0.15) is 55.3 Å². The molecule has 0 spiro atoms. The molecule has 3 aromatic rings. The summed E-state index contributed by atoms with van der Waals surface area (Å²) in [5, 5.41) is 7.09. The van der Waals surface area contributed by atoms with Crippen molar-refractivity contribution in [2.75, 3.05) is 11.4 Å². The summed E-state index contributed by atoms with van der Waals surface area (Å²) in [5.41, 5.74) is 4.14. The SMILES string of the molecule is C[C@H](NC(=O)N1CCCc2ccccc21)c1nc(-c2ccnc(C3CC3)c2)no1. The molecule has 0 bridgehead atoms. The number of aryl methyl sites for hydroxylation is 1. The number of fused-ring (bicyclic) bond motifs is 1. The predicted molar refractivity (Wildman–Crippen MR) is 109 cm³/mol. The number of carbonyl (C=O) groups is 1. The molecule has 7 nitrogen and oxygen atoms in total. The molecule has 7 heteroatoms. The van der Waals surface area contributed by atoms with Crippen LogP contribution in [0.4, 0.5) is 10.5 Å². The van der Waals surface area contributed by atoms with Gasteiger partial charge < -0.3 is 9.84 Å². The Balaban J connectivity index is 1.30. The number of nitrogens with one attached hydrogen (secondary N) is 1. The second kappa shape index (κ2) is 7.31. The molecule has 3 heterocycles. The van der Waals surface area contributed by atoms with Crippen LogP contribution in [0.25, 0.3) is 11.4 Å². The molecule has 1 atom stereocenters. The molecule has 2 amide bonds. The third kappa shape index (κ3) is 3.60. The number of amides is 2. The number of aromatic nitrogens is 3. The van der Waals surface area contributed by atoms with Crippen molar-refractivity contribution in [1.29, 1.82) is 0 Å². The van der Waals surface area contributed by atoms with Crippen molar-refractivity contribution in [3.8, 4) is 11.4 Å². The predicted octanol–water partition coefficient (Wildman–Crippen LogP) is 4.23. The molecule has 1 aliphatic carbocycles. The van der Waals surface area contributed by atoms with Gasteiger partial charge in [0.2, 0.25) is 11.7 Å². The van der Waals surface area contributed by atoms with Gasteiger partial charge in [0.05, 0.1) is 0 Å². The number of anilines is 1. The number of pyridine rings is 1. The second-order valence-corrected chi connectivity index (χ2v) is 7.75. The number of hydrogen-bond donors (Lipinski definition) is 1. The quantitative estimate of drug-likeness (QED) is 0.722. The van der Waals surface area contributed by atoms with E-state index in [2.05, 4.69) is 26.5 Å². The van der Waals surface area contributed by atoms with Crippen LogP contribution in [0.3, 0.4) is 0 Å². The van der Waals surface area contributed by atoms with E-state index in [1.807, 2.05) is 37.3 Å². The van der Waals surface area contributed by atoms with Crippen molar-refractivity contribution in [3.63, 3.8) is 0 Å². The van der Waals surface area contributed by atoms with Crippen LogP contribution >= 0.6 is 0 Å². The monoisotopic (exact) mass is 389 g/mol. The molecular weight excluding hydrogens is 366 g/mol. The van der Waals surface area contributed by atoms with Crippen molar-refractivity contribution < 1.29 is 9.32 Å². The highest BCUT2D eigenvalue weighted by atomic mass is 16.5. The van der Waals surface area contributed by atoms with Crippen LogP contribution in [0.15, 0.2) is 47.1 Å². The number of hydrogen-bond acceptors (Lipinski definition) is 5. The van der Waals surface area contributed by atoms with E-state index in [0.717, 1.165) is 29.8 Å². The lowest BCUT2D eigenvalue weighted by Gasteiger charge is -2.30. The molecule has 29 heavy (non-hydrogen) atoms. The molecule has 1 N–H and O–H groups in total. The summed E-state index contributed by atoms with van der Waals surface area (Å²) in [6, 6.07) is 11.4. The molecular formula is C22H23N5O2. The lowest BCUT2D eigenvalue weighted by Crippen LogP contribution is -2.43. The molecule has 0 radical (unpaired) electrons. The van der Waals surface area contributed by atoms with Crippen LogP contribution in [-0.2, 0) is 6.42 Å². The fourth-order valence-electron chi connectivity index (χ4n) is 3.79. The Hall–Kier alpha value is -3.22. The highest BCUT2D eigenvalue weighted by Gasteiger charge is 2.27. The Bertz CT molecular complexity index is 1040. The number of para-hydroxylation sites is 1. The first-order valence-electron chi connectivity index (χ1n) is 10.1. The van der Waals surface area contributed by atoms with E-state index in [4.69, 9.17) is 4.52 Å². The summed E-state index contributed by atoms with van der Waals surface area (Å²) in [6.45, 7) is 2.55. The number of benzene rings is 1. The van der Waals surface area contributed by atoms with Gasteiger partial charge in [-0.25, -0.2) is 4.79 Å². The maximum Gasteiger partial charge on any atom is 0.322 e. The van der Waals surface area contributed by atoms with Crippen LogP contribution in [0.5, 0.6) is 0 Å². The molecule has 0 saturated heterocycles. The Morgan fingerprint density at radius 1 is 1.28 bits per heavy atom. The average molecular weight is 389 g/mol. The van der Waals surface area contributed by atoms with E-state index in [0.29, 0.717) is 24.2 Å². The van der Waals surface area contributed by atoms with E-state index >= 15 is 0 Å². The Kier molecular flexibility index (Phi) is 4.50. The van der Waals surface area contributed by atoms with Gasteiger partial charge in [0.1, 0.15) is 6.04 Å². The van der Waals surface area contributed by atoms with Crippen LogP contribution in [0, 0.1) is 0 Å². The van der Waals surface area contributed by atoms with Gasteiger partial charge in [0.25, 0.3) is 0 Å². The molecule has 1 fully saturated rings. The molecule has 2 aliphatic rings. The molecule has 5 rings (SSSR count). The second-order valence-electron chi connectivity index (χ2n) is 7.75. The summed E-state index contributed by atoms with van der Waals surface area (Å²) in [7, 11) is 0. The minimum atomic E-state index is -0.387. The summed E-state index contributed by atoms with van der Waals surface area (Å²) in [4.78, 5) is 23.6. The summed E-state index contributed by atoms with van der Waals surface area (Å²) in [5.74, 6) is 1.48. The van der Waals surface area contributed by atoms with E-state index in [1.165, 1.54) is 18.4 Å². The van der Waals surface area contributed by atoms with Crippen LogP contribution in [0.2, 0.25) is 0 Å². The highest BCUT2D eigenvalue weighted by molar-refractivity contribution is 5.93. The minimum Gasteiger partial charge on any atom is -0.337 e. The molecule has 1 aromatic carbocycles. The van der Waals surface area contributed by atoms with Crippen molar-refractivity contribution in [3.05, 3.63) is 59.7 Å². The Morgan fingerprint density at radius 3 is 3.00 bits per heavy atom. The van der Waals surface area contributed by atoms with Gasteiger partial charge in [-0.2, -0.15) is 4.98 Å². The first-order valence-corrected chi connectivity index (χ1v) is 10.1. The first kappa shape index (κ1) is 17.8. The molecule has 148 valence electrons. The number of nitrogens with zero attached hydrogens (tertiary/aromatic N) is 4. The van der Waals surface area contributed by atoms with Crippen LogP contribution in [-0.4, -0.2) is 27.7 Å². The maximum atomic E-state index is 12.9. The largest absolute Gasteiger partial charge is 0.337 e. The van der Waals surface area contributed by atoms with Crippen molar-refractivity contribution >= 4 is 11.7 Å². The van der Waals surface area contributed by atoms with Crippen molar-refractivity contribution in [1.82, 2.24) is 20.4 Å².